The van der Waals surface area contributed by atoms with Crippen molar-refractivity contribution in [2.75, 3.05) is 11.9 Å². The van der Waals surface area contributed by atoms with Crippen molar-refractivity contribution in [3.05, 3.63) is 32.8 Å². The maximum absolute atomic E-state index is 10.7. The quantitative estimate of drug-likeness (QED) is 0.637. The van der Waals surface area contributed by atoms with Crippen LogP contribution in [0.4, 0.5) is 11.4 Å². The number of nitro groups is 1. The van der Waals surface area contributed by atoms with Crippen LogP contribution in [-0.4, -0.2) is 22.7 Å². The Morgan fingerprint density at radius 2 is 2.28 bits per heavy atom. The smallest absolute Gasteiger partial charge is 0.288 e. The molecular weight excluding hydrogens is 256 g/mol. The molecule has 18 heavy (non-hydrogen) atoms. The highest BCUT2D eigenvalue weighted by Gasteiger charge is 2.29. The summed E-state index contributed by atoms with van der Waals surface area (Å²) in [7, 11) is 0. The lowest BCUT2D eigenvalue weighted by molar-refractivity contribution is -0.384. The van der Waals surface area contributed by atoms with Crippen molar-refractivity contribution >= 4 is 23.0 Å². The summed E-state index contributed by atoms with van der Waals surface area (Å²) in [4.78, 5) is 10.2. The molecule has 1 aliphatic rings. The van der Waals surface area contributed by atoms with E-state index >= 15 is 0 Å². The maximum Gasteiger partial charge on any atom is 0.288 e. The van der Waals surface area contributed by atoms with E-state index in [1.807, 2.05) is 0 Å². The minimum Gasteiger partial charge on any atom is -0.391 e. The molecule has 0 aliphatic heterocycles. The molecule has 0 heterocycles. The van der Waals surface area contributed by atoms with Crippen molar-refractivity contribution in [3.8, 4) is 0 Å². The SMILES string of the molecule is Cc1cc([N+](=O)[O-])c(Cl)cc1NCC(O)C1CC1. The van der Waals surface area contributed by atoms with Crippen LogP contribution >= 0.6 is 11.6 Å². The standard InChI is InChI=1S/C12H15ClN2O3/c1-7-4-11(15(17)18)9(13)5-10(7)14-6-12(16)8-2-3-8/h4-5,8,12,14,16H,2-3,6H2,1H3. The predicted octanol–water partition coefficient (Wildman–Crippen LogP) is 2.74. The molecule has 0 bridgehead atoms. The van der Waals surface area contributed by atoms with Gasteiger partial charge in [-0.1, -0.05) is 11.6 Å². The van der Waals surface area contributed by atoms with E-state index in [-0.39, 0.29) is 16.8 Å². The summed E-state index contributed by atoms with van der Waals surface area (Å²) < 4.78 is 0. The fourth-order valence-electron chi connectivity index (χ4n) is 1.86. The van der Waals surface area contributed by atoms with Gasteiger partial charge >= 0.3 is 0 Å². The summed E-state index contributed by atoms with van der Waals surface area (Å²) in [5, 5.41) is 23.6. The Bertz CT molecular complexity index is 475. The Hall–Kier alpha value is -1.33. The first-order valence-corrected chi connectivity index (χ1v) is 6.23. The van der Waals surface area contributed by atoms with Crippen molar-refractivity contribution in [3.63, 3.8) is 0 Å². The number of benzene rings is 1. The molecule has 1 atom stereocenters. The average molecular weight is 271 g/mol. The van der Waals surface area contributed by atoms with Crippen molar-refractivity contribution in [2.45, 2.75) is 25.9 Å². The van der Waals surface area contributed by atoms with Crippen molar-refractivity contribution in [1.29, 1.82) is 0 Å². The third-order valence-electron chi connectivity index (χ3n) is 3.16. The van der Waals surface area contributed by atoms with Gasteiger partial charge in [-0.2, -0.15) is 0 Å². The normalized spacial score (nSPS) is 16.4. The molecule has 98 valence electrons. The van der Waals surface area contributed by atoms with Gasteiger partial charge < -0.3 is 10.4 Å². The first-order valence-electron chi connectivity index (χ1n) is 5.85. The number of aryl methyl sites for hydroxylation is 1. The number of anilines is 1. The Labute approximate surface area is 110 Å². The van der Waals surface area contributed by atoms with E-state index in [0.29, 0.717) is 12.5 Å². The third-order valence-corrected chi connectivity index (χ3v) is 3.46. The van der Waals surface area contributed by atoms with Crippen LogP contribution in [0, 0.1) is 23.0 Å². The first-order chi connectivity index (χ1) is 8.49. The van der Waals surface area contributed by atoms with E-state index in [0.717, 1.165) is 24.1 Å². The molecule has 0 aromatic heterocycles. The molecular formula is C12H15ClN2O3. The molecule has 1 unspecified atom stereocenters. The topological polar surface area (TPSA) is 75.4 Å². The van der Waals surface area contributed by atoms with E-state index in [2.05, 4.69) is 5.32 Å². The van der Waals surface area contributed by atoms with Gasteiger partial charge in [0.2, 0.25) is 0 Å². The molecule has 2 N–H and O–H groups in total. The van der Waals surface area contributed by atoms with E-state index in [4.69, 9.17) is 11.6 Å². The molecule has 5 nitrogen and oxygen atoms in total. The fraction of sp³-hybridized carbons (Fsp3) is 0.500. The minimum absolute atomic E-state index is 0.0949. The number of hydrogen-bond donors (Lipinski definition) is 2. The summed E-state index contributed by atoms with van der Waals surface area (Å²) in [6.45, 7) is 2.22. The summed E-state index contributed by atoms with van der Waals surface area (Å²) in [6, 6.07) is 2.98. The van der Waals surface area contributed by atoms with E-state index in [1.54, 1.807) is 6.92 Å². The molecule has 6 heteroatoms. The van der Waals surface area contributed by atoms with E-state index < -0.39 is 4.92 Å². The lowest BCUT2D eigenvalue weighted by Gasteiger charge is -2.14. The Kier molecular flexibility index (Phi) is 3.73. The monoisotopic (exact) mass is 270 g/mol. The van der Waals surface area contributed by atoms with Crippen molar-refractivity contribution in [2.24, 2.45) is 5.92 Å². The van der Waals surface area contributed by atoms with Gasteiger partial charge in [0.1, 0.15) is 5.02 Å². The summed E-state index contributed by atoms with van der Waals surface area (Å²) in [5.41, 5.74) is 1.38. The van der Waals surface area contributed by atoms with Gasteiger partial charge in [0.15, 0.2) is 0 Å². The van der Waals surface area contributed by atoms with Crippen LogP contribution in [0.2, 0.25) is 5.02 Å². The Morgan fingerprint density at radius 3 is 2.83 bits per heavy atom. The van der Waals surface area contributed by atoms with E-state index in [9.17, 15) is 15.2 Å². The number of aliphatic hydroxyl groups is 1. The minimum atomic E-state index is -0.502. The number of nitrogens with zero attached hydrogens (tertiary/aromatic N) is 1. The summed E-state index contributed by atoms with van der Waals surface area (Å²) in [5.74, 6) is 0.395. The second-order valence-corrected chi connectivity index (χ2v) is 5.07. The highest BCUT2D eigenvalue weighted by molar-refractivity contribution is 6.33. The van der Waals surface area contributed by atoms with Gasteiger partial charge in [0, 0.05) is 18.3 Å². The number of aliphatic hydroxyl groups excluding tert-OH is 1. The molecule has 1 saturated carbocycles. The average Bonchev–Trinajstić information content (AvgIpc) is 3.12. The number of nitrogens with one attached hydrogen (secondary N) is 1. The molecule has 2 rings (SSSR count). The van der Waals surface area contributed by atoms with Gasteiger partial charge in [-0.3, -0.25) is 10.1 Å². The van der Waals surface area contributed by atoms with Gasteiger partial charge in [-0.15, -0.1) is 0 Å². The van der Waals surface area contributed by atoms with Crippen molar-refractivity contribution in [1.82, 2.24) is 0 Å². The molecule has 1 aromatic carbocycles. The molecule has 1 fully saturated rings. The van der Waals surface area contributed by atoms with Crippen LogP contribution in [0.1, 0.15) is 18.4 Å². The zero-order chi connectivity index (χ0) is 13.3. The lowest BCUT2D eigenvalue weighted by atomic mass is 10.1. The van der Waals surface area contributed by atoms with Gasteiger partial charge in [0.25, 0.3) is 5.69 Å². The number of hydrogen-bond acceptors (Lipinski definition) is 4. The largest absolute Gasteiger partial charge is 0.391 e. The molecule has 0 spiro atoms. The first kappa shape index (κ1) is 13.1. The zero-order valence-corrected chi connectivity index (χ0v) is 10.8. The fourth-order valence-corrected chi connectivity index (χ4v) is 2.09. The summed E-state index contributed by atoms with van der Waals surface area (Å²) >= 11 is 5.84. The summed E-state index contributed by atoms with van der Waals surface area (Å²) in [6.07, 6.45) is 1.78. The second-order valence-electron chi connectivity index (χ2n) is 4.66. The highest BCUT2D eigenvalue weighted by atomic mass is 35.5. The van der Waals surface area contributed by atoms with Gasteiger partial charge in [0.05, 0.1) is 11.0 Å². The van der Waals surface area contributed by atoms with Crippen LogP contribution in [0.3, 0.4) is 0 Å². The third kappa shape index (κ3) is 2.91. The zero-order valence-electron chi connectivity index (χ0n) is 10.0. The Morgan fingerprint density at radius 1 is 1.61 bits per heavy atom. The van der Waals surface area contributed by atoms with E-state index in [1.165, 1.54) is 12.1 Å². The molecule has 0 amide bonds. The van der Waals surface area contributed by atoms with Gasteiger partial charge in [-0.05, 0) is 37.3 Å². The molecule has 1 aromatic rings. The molecule has 0 saturated heterocycles. The Balaban J connectivity index is 2.08. The number of halogens is 1. The lowest BCUT2D eigenvalue weighted by Crippen LogP contribution is -2.21. The number of nitro benzene ring substituents is 1. The number of rotatable bonds is 5. The second kappa shape index (κ2) is 5.12. The van der Waals surface area contributed by atoms with Crippen molar-refractivity contribution < 1.29 is 10.0 Å². The maximum atomic E-state index is 10.7. The van der Waals surface area contributed by atoms with Crippen LogP contribution < -0.4 is 5.32 Å². The predicted molar refractivity (Wildman–Crippen MR) is 70.1 cm³/mol. The van der Waals surface area contributed by atoms with Gasteiger partial charge in [-0.25, -0.2) is 0 Å². The molecule has 1 aliphatic carbocycles. The molecule has 0 radical (unpaired) electrons. The van der Waals surface area contributed by atoms with Crippen LogP contribution in [-0.2, 0) is 0 Å². The van der Waals surface area contributed by atoms with Crippen LogP contribution in [0.15, 0.2) is 12.1 Å². The van der Waals surface area contributed by atoms with Crippen LogP contribution in [0.25, 0.3) is 0 Å². The highest BCUT2D eigenvalue weighted by Crippen LogP contribution is 2.34. The van der Waals surface area contributed by atoms with Crippen LogP contribution in [0.5, 0.6) is 0 Å².